The van der Waals surface area contributed by atoms with Crippen LogP contribution in [0.2, 0.25) is 0 Å². The third-order valence-electron chi connectivity index (χ3n) is 3.53. The highest BCUT2D eigenvalue weighted by molar-refractivity contribution is 5.85. The summed E-state index contributed by atoms with van der Waals surface area (Å²) in [5.74, 6) is -0.0829. The smallest absolute Gasteiger partial charge is 0.239 e. The van der Waals surface area contributed by atoms with E-state index in [0.717, 1.165) is 12.8 Å². The van der Waals surface area contributed by atoms with E-state index in [-0.39, 0.29) is 12.0 Å². The molecule has 1 aromatic carbocycles. The van der Waals surface area contributed by atoms with Gasteiger partial charge in [0.05, 0.1) is 11.6 Å². The van der Waals surface area contributed by atoms with Gasteiger partial charge in [-0.1, -0.05) is 43.7 Å². The van der Waals surface area contributed by atoms with Crippen molar-refractivity contribution in [2.75, 3.05) is 13.2 Å². The van der Waals surface area contributed by atoms with Crippen LogP contribution in [0.15, 0.2) is 30.3 Å². The number of carbonyl (C=O) groups excluding carboxylic acids is 1. The molecule has 0 aromatic heterocycles. The van der Waals surface area contributed by atoms with Crippen molar-refractivity contribution in [3.63, 3.8) is 0 Å². The molecule has 0 saturated heterocycles. The summed E-state index contributed by atoms with van der Waals surface area (Å²) in [5.41, 5.74) is 6.36. The fourth-order valence-electron chi connectivity index (χ4n) is 2.19. The lowest BCUT2D eigenvalue weighted by Gasteiger charge is -2.22. The summed E-state index contributed by atoms with van der Waals surface area (Å²) in [6, 6.07) is 10.1. The zero-order chi connectivity index (χ0) is 15.7. The van der Waals surface area contributed by atoms with Gasteiger partial charge in [-0.3, -0.25) is 4.79 Å². The van der Waals surface area contributed by atoms with Crippen LogP contribution in [0.1, 0.15) is 51.7 Å². The standard InChI is InChI=1S/C17H28N2O2/c1-4-11-17(3,18)16(20)19-12-8-13-21-14(2)15-9-6-5-7-10-15/h5-7,9-10,14H,4,8,11-13,18H2,1-3H3,(H,19,20). The Bertz CT molecular complexity index is 418. The number of nitrogens with two attached hydrogens (primary N) is 1. The van der Waals surface area contributed by atoms with Crippen molar-refractivity contribution in [3.8, 4) is 0 Å². The second kappa shape index (κ2) is 8.80. The first-order chi connectivity index (χ1) is 9.97. The van der Waals surface area contributed by atoms with E-state index < -0.39 is 5.54 Å². The second-order valence-electron chi connectivity index (χ2n) is 5.70. The molecular weight excluding hydrogens is 264 g/mol. The molecule has 0 fully saturated rings. The van der Waals surface area contributed by atoms with Crippen molar-refractivity contribution in [2.45, 2.75) is 51.7 Å². The van der Waals surface area contributed by atoms with Gasteiger partial charge in [0, 0.05) is 13.2 Å². The third kappa shape index (κ3) is 6.27. The third-order valence-corrected chi connectivity index (χ3v) is 3.53. The maximum atomic E-state index is 11.9. The topological polar surface area (TPSA) is 64.4 Å². The molecule has 4 nitrogen and oxygen atoms in total. The molecule has 21 heavy (non-hydrogen) atoms. The lowest BCUT2D eigenvalue weighted by atomic mass is 9.96. The average molecular weight is 292 g/mol. The number of rotatable bonds is 9. The van der Waals surface area contributed by atoms with Crippen LogP contribution < -0.4 is 11.1 Å². The van der Waals surface area contributed by atoms with Gasteiger partial charge in [-0.05, 0) is 32.3 Å². The van der Waals surface area contributed by atoms with E-state index in [1.165, 1.54) is 5.56 Å². The minimum atomic E-state index is -0.771. The first-order valence-corrected chi connectivity index (χ1v) is 7.71. The van der Waals surface area contributed by atoms with Crippen LogP contribution in [-0.2, 0) is 9.53 Å². The van der Waals surface area contributed by atoms with Gasteiger partial charge < -0.3 is 15.8 Å². The van der Waals surface area contributed by atoms with Crippen LogP contribution in [0.25, 0.3) is 0 Å². The fraction of sp³-hybridized carbons (Fsp3) is 0.588. The van der Waals surface area contributed by atoms with Gasteiger partial charge in [-0.15, -0.1) is 0 Å². The second-order valence-corrected chi connectivity index (χ2v) is 5.70. The first-order valence-electron chi connectivity index (χ1n) is 7.71. The highest BCUT2D eigenvalue weighted by atomic mass is 16.5. The van der Waals surface area contributed by atoms with Gasteiger partial charge in [0.2, 0.25) is 5.91 Å². The molecule has 2 atom stereocenters. The summed E-state index contributed by atoms with van der Waals surface area (Å²) in [4.78, 5) is 11.9. The van der Waals surface area contributed by atoms with Crippen molar-refractivity contribution in [1.29, 1.82) is 0 Å². The Balaban J connectivity index is 2.19. The van der Waals surface area contributed by atoms with Crippen molar-refractivity contribution < 1.29 is 9.53 Å². The summed E-state index contributed by atoms with van der Waals surface area (Å²) in [7, 11) is 0. The molecule has 0 aliphatic heterocycles. The highest BCUT2D eigenvalue weighted by Crippen LogP contribution is 2.15. The first kappa shape index (κ1) is 17.7. The number of carbonyl (C=O) groups is 1. The van der Waals surface area contributed by atoms with E-state index in [9.17, 15) is 4.79 Å². The molecule has 0 aliphatic carbocycles. The van der Waals surface area contributed by atoms with Gasteiger partial charge >= 0.3 is 0 Å². The molecule has 0 aliphatic rings. The Labute approximate surface area is 128 Å². The maximum absolute atomic E-state index is 11.9. The normalized spacial score (nSPS) is 15.2. The molecule has 0 spiro atoms. The van der Waals surface area contributed by atoms with Crippen molar-refractivity contribution in [2.24, 2.45) is 5.73 Å². The highest BCUT2D eigenvalue weighted by Gasteiger charge is 2.26. The Kier molecular flexibility index (Phi) is 7.40. The molecule has 1 rings (SSSR count). The number of hydrogen-bond donors (Lipinski definition) is 2. The number of amides is 1. The van der Waals surface area contributed by atoms with Crippen molar-refractivity contribution >= 4 is 5.91 Å². The van der Waals surface area contributed by atoms with Crippen LogP contribution in [0, 0.1) is 0 Å². The Morgan fingerprint density at radius 1 is 1.38 bits per heavy atom. The summed E-state index contributed by atoms with van der Waals surface area (Å²) in [6.07, 6.45) is 2.45. The van der Waals surface area contributed by atoms with E-state index in [1.807, 2.05) is 32.0 Å². The average Bonchev–Trinajstić information content (AvgIpc) is 2.47. The van der Waals surface area contributed by atoms with Crippen molar-refractivity contribution in [1.82, 2.24) is 5.32 Å². The monoisotopic (exact) mass is 292 g/mol. The van der Waals surface area contributed by atoms with E-state index in [2.05, 4.69) is 17.4 Å². The predicted molar refractivity (Wildman–Crippen MR) is 85.9 cm³/mol. The Hall–Kier alpha value is -1.39. The van der Waals surface area contributed by atoms with Gasteiger partial charge in [0.25, 0.3) is 0 Å². The van der Waals surface area contributed by atoms with Crippen LogP contribution in [0.4, 0.5) is 0 Å². The van der Waals surface area contributed by atoms with Crippen LogP contribution in [0.5, 0.6) is 0 Å². The number of benzene rings is 1. The minimum absolute atomic E-state index is 0.0711. The largest absolute Gasteiger partial charge is 0.374 e. The van der Waals surface area contributed by atoms with Gasteiger partial charge in [0.15, 0.2) is 0 Å². The Morgan fingerprint density at radius 2 is 2.05 bits per heavy atom. The molecule has 0 heterocycles. The SMILES string of the molecule is CCCC(C)(N)C(=O)NCCCOC(C)c1ccccc1. The van der Waals surface area contributed by atoms with Gasteiger partial charge in [0.1, 0.15) is 0 Å². The van der Waals surface area contributed by atoms with E-state index in [4.69, 9.17) is 10.5 Å². The molecule has 0 radical (unpaired) electrons. The number of nitrogens with one attached hydrogen (secondary N) is 1. The molecule has 3 N–H and O–H groups in total. The molecule has 118 valence electrons. The number of ether oxygens (including phenoxy) is 1. The molecular formula is C17H28N2O2. The molecule has 2 unspecified atom stereocenters. The fourth-order valence-corrected chi connectivity index (χ4v) is 2.19. The summed E-state index contributed by atoms with van der Waals surface area (Å²) >= 11 is 0. The van der Waals surface area contributed by atoms with Gasteiger partial charge in [-0.2, -0.15) is 0 Å². The summed E-state index contributed by atoms with van der Waals surface area (Å²) in [6.45, 7) is 7.05. The molecule has 0 saturated carbocycles. The Morgan fingerprint density at radius 3 is 2.67 bits per heavy atom. The minimum Gasteiger partial charge on any atom is -0.374 e. The van der Waals surface area contributed by atoms with Crippen molar-refractivity contribution in [3.05, 3.63) is 35.9 Å². The number of hydrogen-bond acceptors (Lipinski definition) is 3. The quantitative estimate of drug-likeness (QED) is 0.688. The maximum Gasteiger partial charge on any atom is 0.239 e. The van der Waals surface area contributed by atoms with E-state index in [1.54, 1.807) is 6.92 Å². The van der Waals surface area contributed by atoms with E-state index in [0.29, 0.717) is 19.6 Å². The zero-order valence-electron chi connectivity index (χ0n) is 13.4. The van der Waals surface area contributed by atoms with Gasteiger partial charge in [-0.25, -0.2) is 0 Å². The van der Waals surface area contributed by atoms with Crippen LogP contribution in [-0.4, -0.2) is 24.6 Å². The molecule has 1 amide bonds. The summed E-state index contributed by atoms with van der Waals surface area (Å²) < 4.78 is 5.76. The zero-order valence-corrected chi connectivity index (χ0v) is 13.4. The predicted octanol–water partition coefficient (Wildman–Crippen LogP) is 2.79. The van der Waals surface area contributed by atoms with E-state index >= 15 is 0 Å². The van der Waals surface area contributed by atoms with Crippen LogP contribution >= 0.6 is 0 Å². The summed E-state index contributed by atoms with van der Waals surface area (Å²) in [5, 5.41) is 2.88. The molecule has 0 bridgehead atoms. The van der Waals surface area contributed by atoms with Crippen LogP contribution in [0.3, 0.4) is 0 Å². The lowest BCUT2D eigenvalue weighted by molar-refractivity contribution is -0.126. The lowest BCUT2D eigenvalue weighted by Crippen LogP contribution is -2.51. The molecule has 1 aromatic rings. The molecule has 4 heteroatoms.